The van der Waals surface area contributed by atoms with Crippen molar-refractivity contribution >= 4 is 40.5 Å². The van der Waals surface area contributed by atoms with Crippen LogP contribution in [0.2, 0.25) is 10.0 Å². The van der Waals surface area contributed by atoms with E-state index in [1.54, 1.807) is 37.6 Å². The van der Waals surface area contributed by atoms with Gasteiger partial charge in [0, 0.05) is 49.8 Å². The Bertz CT molecular complexity index is 1140. The fraction of sp³-hybridized carbons (Fsp3) is 0.520. The van der Waals surface area contributed by atoms with Gasteiger partial charge in [0.25, 0.3) is 0 Å². The minimum absolute atomic E-state index is 0.116. The molecule has 202 valence electrons. The molecule has 0 radical (unpaired) electrons. The van der Waals surface area contributed by atoms with Gasteiger partial charge in [-0.15, -0.1) is 0 Å². The van der Waals surface area contributed by atoms with Crippen LogP contribution in [-0.4, -0.2) is 61.1 Å². The number of benzene rings is 1. The summed E-state index contributed by atoms with van der Waals surface area (Å²) in [6.07, 6.45) is -2.93. The van der Waals surface area contributed by atoms with Crippen molar-refractivity contribution in [3.8, 4) is 11.6 Å². The number of hydrogen-bond donors (Lipinski definition) is 1. The van der Waals surface area contributed by atoms with Crippen LogP contribution in [0.25, 0.3) is 0 Å². The standard InChI is InChI=1S/C25H28Cl2F3N3O4/c1-14-12-32(20-10-23(36-2)31-11-19(20)27)6-5-21(14)37-22-4-3-16(8-18(22)26)33-13-15(25(28,29)30)7-17(33)9-24(34)35/h3-4,8,10-11,14-15,17,21H,5-7,9,12-13H2,1-2H3,(H,34,35). The predicted molar refractivity (Wildman–Crippen MR) is 135 cm³/mol. The van der Waals surface area contributed by atoms with E-state index in [1.807, 2.05) is 0 Å². The lowest BCUT2D eigenvalue weighted by Gasteiger charge is -2.38. The molecule has 2 fully saturated rings. The molecule has 4 rings (SSSR count). The highest BCUT2D eigenvalue weighted by molar-refractivity contribution is 6.33. The molecular weight excluding hydrogens is 534 g/mol. The fourth-order valence-electron chi connectivity index (χ4n) is 5.07. The molecule has 2 aromatic rings. The number of rotatable bonds is 7. The number of methoxy groups -OCH3 is 1. The normalized spacial score (nSPS) is 24.3. The van der Waals surface area contributed by atoms with E-state index in [0.717, 1.165) is 5.69 Å². The summed E-state index contributed by atoms with van der Waals surface area (Å²) in [5.74, 6) is -1.71. The zero-order valence-electron chi connectivity index (χ0n) is 20.3. The van der Waals surface area contributed by atoms with Gasteiger partial charge in [-0.3, -0.25) is 4.79 Å². The molecular formula is C25H28Cl2F3N3O4. The number of nitrogens with zero attached hydrogens (tertiary/aromatic N) is 3. The van der Waals surface area contributed by atoms with E-state index >= 15 is 0 Å². The average Bonchev–Trinajstić information content (AvgIpc) is 3.25. The highest BCUT2D eigenvalue weighted by Gasteiger charge is 2.48. The number of aromatic nitrogens is 1. The van der Waals surface area contributed by atoms with Gasteiger partial charge in [-0.2, -0.15) is 13.2 Å². The Morgan fingerprint density at radius 3 is 2.59 bits per heavy atom. The first kappa shape index (κ1) is 27.4. The summed E-state index contributed by atoms with van der Waals surface area (Å²) in [5.41, 5.74) is 1.28. The van der Waals surface area contributed by atoms with E-state index in [0.29, 0.717) is 41.8 Å². The number of ether oxygens (including phenoxy) is 2. The van der Waals surface area contributed by atoms with E-state index in [2.05, 4.69) is 16.8 Å². The molecule has 3 heterocycles. The second kappa shape index (κ2) is 11.0. The predicted octanol–water partition coefficient (Wildman–Crippen LogP) is 5.92. The number of carbonyl (C=O) groups is 1. The number of hydrogen-bond acceptors (Lipinski definition) is 6. The first-order valence-electron chi connectivity index (χ1n) is 11.9. The Morgan fingerprint density at radius 1 is 1.22 bits per heavy atom. The number of halogens is 5. The molecule has 0 saturated carbocycles. The van der Waals surface area contributed by atoms with Gasteiger partial charge in [0.15, 0.2) is 0 Å². The summed E-state index contributed by atoms with van der Waals surface area (Å²) in [6.45, 7) is 3.11. The monoisotopic (exact) mass is 561 g/mol. The first-order chi connectivity index (χ1) is 17.5. The summed E-state index contributed by atoms with van der Waals surface area (Å²) >= 11 is 12.8. The summed E-state index contributed by atoms with van der Waals surface area (Å²) < 4.78 is 51.5. The van der Waals surface area contributed by atoms with Gasteiger partial charge >= 0.3 is 12.1 Å². The Hall–Kier alpha value is -2.59. The van der Waals surface area contributed by atoms with E-state index in [9.17, 15) is 23.1 Å². The van der Waals surface area contributed by atoms with Crippen molar-refractivity contribution in [3.05, 3.63) is 40.5 Å². The number of anilines is 2. The molecule has 37 heavy (non-hydrogen) atoms. The molecule has 2 aliphatic heterocycles. The summed E-state index contributed by atoms with van der Waals surface area (Å²) in [4.78, 5) is 19.0. The van der Waals surface area contributed by atoms with Crippen LogP contribution in [0.1, 0.15) is 26.2 Å². The molecule has 1 aromatic carbocycles. The van der Waals surface area contributed by atoms with Crippen LogP contribution in [0.4, 0.5) is 24.5 Å². The minimum Gasteiger partial charge on any atom is -0.488 e. The van der Waals surface area contributed by atoms with Gasteiger partial charge in [0.2, 0.25) is 5.88 Å². The number of pyridine rings is 1. The highest BCUT2D eigenvalue weighted by Crippen LogP contribution is 2.42. The van der Waals surface area contributed by atoms with Crippen molar-refractivity contribution in [1.29, 1.82) is 0 Å². The largest absolute Gasteiger partial charge is 0.488 e. The lowest BCUT2D eigenvalue weighted by molar-refractivity contribution is -0.169. The maximum Gasteiger partial charge on any atom is 0.393 e. The van der Waals surface area contributed by atoms with Crippen molar-refractivity contribution in [2.75, 3.05) is 36.5 Å². The molecule has 7 nitrogen and oxygen atoms in total. The maximum atomic E-state index is 13.4. The Labute approximate surface area is 223 Å². The van der Waals surface area contributed by atoms with Crippen molar-refractivity contribution in [3.63, 3.8) is 0 Å². The second-order valence-corrected chi connectivity index (χ2v) is 10.4. The number of carboxylic acid groups (broad SMARTS) is 1. The number of aliphatic carboxylic acids is 1. The van der Waals surface area contributed by atoms with E-state index in [1.165, 1.54) is 4.90 Å². The van der Waals surface area contributed by atoms with Crippen LogP contribution in [0.15, 0.2) is 30.5 Å². The molecule has 2 saturated heterocycles. The molecule has 4 unspecified atom stereocenters. The third-order valence-electron chi connectivity index (χ3n) is 7.00. The summed E-state index contributed by atoms with van der Waals surface area (Å²) in [5, 5.41) is 9.98. The Kier molecular flexibility index (Phi) is 8.18. The van der Waals surface area contributed by atoms with Gasteiger partial charge in [0.1, 0.15) is 11.9 Å². The Balaban J connectivity index is 1.44. The molecule has 1 N–H and O–H groups in total. The fourth-order valence-corrected chi connectivity index (χ4v) is 5.52. The van der Waals surface area contributed by atoms with E-state index in [-0.39, 0.29) is 36.4 Å². The molecule has 0 amide bonds. The van der Waals surface area contributed by atoms with Crippen molar-refractivity contribution in [1.82, 2.24) is 4.98 Å². The SMILES string of the molecule is COc1cc(N2CCC(Oc3ccc(N4CC(C(F)(F)F)CC4CC(=O)O)cc3Cl)C(C)C2)c(Cl)cn1. The molecule has 12 heteroatoms. The lowest BCUT2D eigenvalue weighted by Crippen LogP contribution is -2.44. The second-order valence-electron chi connectivity index (χ2n) is 9.54. The summed E-state index contributed by atoms with van der Waals surface area (Å²) in [7, 11) is 1.54. The number of alkyl halides is 3. The van der Waals surface area contributed by atoms with Gasteiger partial charge in [0.05, 0.1) is 41.4 Å². The molecule has 4 atom stereocenters. The molecule has 2 aliphatic rings. The zero-order valence-corrected chi connectivity index (χ0v) is 21.9. The molecule has 0 bridgehead atoms. The summed E-state index contributed by atoms with van der Waals surface area (Å²) in [6, 6.07) is 5.85. The van der Waals surface area contributed by atoms with Crippen molar-refractivity contribution < 1.29 is 32.5 Å². The topological polar surface area (TPSA) is 75.1 Å². The van der Waals surface area contributed by atoms with Crippen LogP contribution in [-0.2, 0) is 4.79 Å². The maximum absolute atomic E-state index is 13.4. The average molecular weight is 562 g/mol. The lowest BCUT2D eigenvalue weighted by atomic mass is 9.96. The van der Waals surface area contributed by atoms with E-state index < -0.39 is 24.1 Å². The van der Waals surface area contributed by atoms with Crippen LogP contribution in [0.3, 0.4) is 0 Å². The van der Waals surface area contributed by atoms with Gasteiger partial charge in [-0.25, -0.2) is 4.98 Å². The Morgan fingerprint density at radius 2 is 1.97 bits per heavy atom. The molecule has 0 aliphatic carbocycles. The van der Waals surface area contributed by atoms with Crippen LogP contribution < -0.4 is 19.3 Å². The number of carboxylic acids is 1. The zero-order chi connectivity index (χ0) is 26.9. The van der Waals surface area contributed by atoms with Crippen LogP contribution >= 0.6 is 23.2 Å². The highest BCUT2D eigenvalue weighted by atomic mass is 35.5. The first-order valence-corrected chi connectivity index (χ1v) is 12.7. The third-order valence-corrected chi connectivity index (χ3v) is 7.59. The van der Waals surface area contributed by atoms with Crippen LogP contribution in [0, 0.1) is 11.8 Å². The van der Waals surface area contributed by atoms with Gasteiger partial charge in [-0.1, -0.05) is 30.1 Å². The smallest absolute Gasteiger partial charge is 0.393 e. The minimum atomic E-state index is -4.39. The number of piperidine rings is 1. The molecule has 1 aromatic heterocycles. The van der Waals surface area contributed by atoms with Crippen LogP contribution in [0.5, 0.6) is 11.6 Å². The quantitative estimate of drug-likeness (QED) is 0.449. The van der Waals surface area contributed by atoms with Gasteiger partial charge < -0.3 is 24.4 Å². The van der Waals surface area contributed by atoms with Crippen molar-refractivity contribution in [2.45, 2.75) is 44.5 Å². The molecule has 0 spiro atoms. The van der Waals surface area contributed by atoms with Crippen molar-refractivity contribution in [2.24, 2.45) is 11.8 Å². The van der Waals surface area contributed by atoms with Gasteiger partial charge in [-0.05, 0) is 24.6 Å². The van der Waals surface area contributed by atoms with E-state index in [4.69, 9.17) is 32.7 Å². The third kappa shape index (κ3) is 6.29.